The Labute approximate surface area is 163 Å². The first-order valence-corrected chi connectivity index (χ1v) is 9.21. The molecule has 0 radical (unpaired) electrons. The maximum atomic E-state index is 12.7. The molecule has 142 valence electrons. The van der Waals surface area contributed by atoms with Gasteiger partial charge in [-0.3, -0.25) is 9.59 Å². The normalized spacial score (nSPS) is 11.6. The third-order valence-electron chi connectivity index (χ3n) is 4.64. The monoisotopic (exact) mass is 374 g/mol. The predicted molar refractivity (Wildman–Crippen MR) is 107 cm³/mol. The van der Waals surface area contributed by atoms with Gasteiger partial charge in [0, 0.05) is 30.1 Å². The van der Waals surface area contributed by atoms with Crippen LogP contribution >= 0.6 is 0 Å². The van der Waals surface area contributed by atoms with E-state index in [1.165, 1.54) is 0 Å². The highest BCUT2D eigenvalue weighted by Gasteiger charge is 2.26. The van der Waals surface area contributed by atoms with Crippen molar-refractivity contribution in [1.82, 2.24) is 15.2 Å². The molecular formula is C22H22N4O2. The number of amides is 2. The first kappa shape index (κ1) is 19.2. The summed E-state index contributed by atoms with van der Waals surface area (Å²) >= 11 is 0. The fourth-order valence-corrected chi connectivity index (χ4v) is 3.21. The van der Waals surface area contributed by atoms with Crippen LogP contribution in [0.3, 0.4) is 0 Å². The molecule has 1 atom stereocenters. The van der Waals surface area contributed by atoms with E-state index >= 15 is 0 Å². The molecule has 3 rings (SSSR count). The van der Waals surface area contributed by atoms with Crippen LogP contribution in [-0.4, -0.2) is 34.3 Å². The van der Waals surface area contributed by atoms with E-state index in [0.717, 1.165) is 26.9 Å². The average molecular weight is 374 g/mol. The van der Waals surface area contributed by atoms with Gasteiger partial charge >= 0.3 is 0 Å². The highest BCUT2D eigenvalue weighted by molar-refractivity contribution is 5.92. The zero-order chi connectivity index (χ0) is 19.9. The van der Waals surface area contributed by atoms with Crippen molar-refractivity contribution >= 4 is 22.7 Å². The van der Waals surface area contributed by atoms with Crippen LogP contribution in [-0.2, 0) is 22.4 Å². The Balaban J connectivity index is 1.76. The molecular weight excluding hydrogens is 352 g/mol. The maximum absolute atomic E-state index is 12.7. The molecule has 0 aliphatic heterocycles. The largest absolute Gasteiger partial charge is 0.361 e. The van der Waals surface area contributed by atoms with Crippen molar-refractivity contribution < 1.29 is 9.59 Å². The Bertz CT molecular complexity index is 1000. The van der Waals surface area contributed by atoms with Crippen molar-refractivity contribution in [2.75, 3.05) is 6.54 Å². The fourth-order valence-electron chi connectivity index (χ4n) is 3.21. The minimum Gasteiger partial charge on any atom is -0.361 e. The molecule has 0 bridgehead atoms. The van der Waals surface area contributed by atoms with Crippen LogP contribution in [0.2, 0.25) is 0 Å². The van der Waals surface area contributed by atoms with Gasteiger partial charge in [-0.2, -0.15) is 5.26 Å². The van der Waals surface area contributed by atoms with Gasteiger partial charge in [0.1, 0.15) is 6.04 Å². The number of nitrogens with one attached hydrogen (secondary N) is 2. The molecule has 0 saturated heterocycles. The van der Waals surface area contributed by atoms with E-state index in [9.17, 15) is 14.9 Å². The molecule has 2 aromatic carbocycles. The van der Waals surface area contributed by atoms with E-state index in [1.807, 2.05) is 67.0 Å². The Morgan fingerprint density at radius 3 is 2.57 bits per heavy atom. The predicted octanol–water partition coefficient (Wildman–Crippen LogP) is 2.77. The van der Waals surface area contributed by atoms with Crippen LogP contribution in [0.4, 0.5) is 0 Å². The number of nitriles is 1. The molecule has 0 fully saturated rings. The quantitative estimate of drug-likeness (QED) is 0.492. The minimum absolute atomic E-state index is 0.154. The summed E-state index contributed by atoms with van der Waals surface area (Å²) in [5, 5.41) is 13.0. The molecule has 0 saturated carbocycles. The highest BCUT2D eigenvalue weighted by atomic mass is 16.2. The zero-order valence-corrected chi connectivity index (χ0v) is 15.7. The van der Waals surface area contributed by atoms with Gasteiger partial charge in [-0.05, 0) is 24.1 Å². The number of hydrogen-bond acceptors (Lipinski definition) is 3. The third kappa shape index (κ3) is 4.38. The van der Waals surface area contributed by atoms with Gasteiger partial charge in [-0.1, -0.05) is 48.5 Å². The van der Waals surface area contributed by atoms with Gasteiger partial charge in [0.2, 0.25) is 5.91 Å². The van der Waals surface area contributed by atoms with Crippen molar-refractivity contribution in [3.63, 3.8) is 0 Å². The molecule has 0 spiro atoms. The van der Waals surface area contributed by atoms with Gasteiger partial charge in [-0.25, -0.2) is 4.90 Å². The molecule has 6 nitrogen and oxygen atoms in total. The first-order valence-electron chi connectivity index (χ1n) is 9.21. The van der Waals surface area contributed by atoms with Gasteiger partial charge in [0.25, 0.3) is 5.91 Å². The van der Waals surface area contributed by atoms with Crippen LogP contribution in [0, 0.1) is 11.5 Å². The Kier molecular flexibility index (Phi) is 6.07. The van der Waals surface area contributed by atoms with Gasteiger partial charge < -0.3 is 10.3 Å². The number of carbonyl (C=O) groups excluding carboxylic acids is 2. The lowest BCUT2D eigenvalue weighted by molar-refractivity contribution is -0.133. The number of carbonyl (C=O) groups is 2. The molecule has 28 heavy (non-hydrogen) atoms. The number of rotatable bonds is 7. The van der Waals surface area contributed by atoms with Crippen molar-refractivity contribution in [3.8, 4) is 6.19 Å². The number of likely N-dealkylation sites (N-methyl/N-ethyl adjacent to an activating group) is 1. The van der Waals surface area contributed by atoms with Crippen LogP contribution in [0.25, 0.3) is 10.9 Å². The second kappa shape index (κ2) is 8.87. The summed E-state index contributed by atoms with van der Waals surface area (Å²) in [5.74, 6) is -0.658. The Morgan fingerprint density at radius 1 is 1.14 bits per heavy atom. The molecule has 1 aromatic heterocycles. The van der Waals surface area contributed by atoms with Gasteiger partial charge in [0.15, 0.2) is 6.19 Å². The van der Waals surface area contributed by atoms with Crippen LogP contribution in [0.1, 0.15) is 18.1 Å². The lowest BCUT2D eigenvalue weighted by Gasteiger charge is -2.21. The summed E-state index contributed by atoms with van der Waals surface area (Å²) in [6.07, 6.45) is 4.18. The van der Waals surface area contributed by atoms with Crippen LogP contribution < -0.4 is 5.32 Å². The summed E-state index contributed by atoms with van der Waals surface area (Å²) in [6, 6.07) is 16.4. The van der Waals surface area contributed by atoms with Gasteiger partial charge in [-0.15, -0.1) is 0 Å². The van der Waals surface area contributed by atoms with Gasteiger partial charge in [0.05, 0.1) is 6.42 Å². The van der Waals surface area contributed by atoms with Crippen molar-refractivity contribution in [2.45, 2.75) is 25.8 Å². The maximum Gasteiger partial charge on any atom is 0.258 e. The molecule has 3 aromatic rings. The number of hydrogen-bond donors (Lipinski definition) is 2. The number of para-hydroxylation sites is 1. The standard InChI is InChI=1S/C22H22N4O2/c1-2-26(15-23)22(28)20(12-16-8-4-3-5-9-16)25-21(27)13-17-14-24-19-11-7-6-10-18(17)19/h3-11,14,20,24H,2,12-13H2,1H3,(H,25,27). The summed E-state index contributed by atoms with van der Waals surface area (Å²) in [6.45, 7) is 1.99. The second-order valence-corrected chi connectivity index (χ2v) is 6.53. The lowest BCUT2D eigenvalue weighted by atomic mass is 10.0. The van der Waals surface area contributed by atoms with Crippen molar-refractivity contribution in [1.29, 1.82) is 5.26 Å². The summed E-state index contributed by atoms with van der Waals surface area (Å²) in [5.41, 5.74) is 2.75. The summed E-state index contributed by atoms with van der Waals surface area (Å²) in [7, 11) is 0. The van der Waals surface area contributed by atoms with E-state index in [0.29, 0.717) is 6.42 Å². The number of aromatic nitrogens is 1. The van der Waals surface area contributed by atoms with E-state index in [1.54, 1.807) is 6.92 Å². The highest BCUT2D eigenvalue weighted by Crippen LogP contribution is 2.18. The SMILES string of the molecule is CCN(C#N)C(=O)C(Cc1ccccc1)NC(=O)Cc1c[nH]c2ccccc12. The second-order valence-electron chi connectivity index (χ2n) is 6.53. The smallest absolute Gasteiger partial charge is 0.258 e. The Morgan fingerprint density at radius 2 is 1.86 bits per heavy atom. The zero-order valence-electron chi connectivity index (χ0n) is 15.7. The average Bonchev–Trinajstić information content (AvgIpc) is 3.12. The molecule has 2 amide bonds. The molecule has 0 aliphatic rings. The van der Waals surface area contributed by atoms with Crippen molar-refractivity contribution in [3.05, 3.63) is 71.9 Å². The lowest BCUT2D eigenvalue weighted by Crippen LogP contribution is -2.48. The number of aromatic amines is 1. The first-order chi connectivity index (χ1) is 13.6. The van der Waals surface area contributed by atoms with E-state index in [2.05, 4.69) is 10.3 Å². The molecule has 6 heteroatoms. The van der Waals surface area contributed by atoms with E-state index in [4.69, 9.17) is 0 Å². The van der Waals surface area contributed by atoms with Crippen molar-refractivity contribution in [2.24, 2.45) is 0 Å². The van der Waals surface area contributed by atoms with Crippen LogP contribution in [0.15, 0.2) is 60.8 Å². The topological polar surface area (TPSA) is 89.0 Å². The molecule has 2 N–H and O–H groups in total. The summed E-state index contributed by atoms with van der Waals surface area (Å²) < 4.78 is 0. The fraction of sp³-hybridized carbons (Fsp3) is 0.227. The molecule has 1 unspecified atom stereocenters. The minimum atomic E-state index is -0.792. The van der Waals surface area contributed by atoms with Crippen LogP contribution in [0.5, 0.6) is 0 Å². The number of nitrogens with zero attached hydrogens (tertiary/aromatic N) is 2. The van der Waals surface area contributed by atoms with E-state index in [-0.39, 0.29) is 18.9 Å². The molecule has 0 aliphatic carbocycles. The number of benzene rings is 2. The number of fused-ring (bicyclic) bond motifs is 1. The number of H-pyrrole nitrogens is 1. The summed E-state index contributed by atoms with van der Waals surface area (Å²) in [4.78, 5) is 29.6. The molecule has 1 heterocycles. The third-order valence-corrected chi connectivity index (χ3v) is 4.64. The Hall–Kier alpha value is -3.59. The van der Waals surface area contributed by atoms with E-state index < -0.39 is 11.9 Å².